The molecule has 1 spiro atoms. The van der Waals surface area contributed by atoms with E-state index >= 15 is 0 Å². The lowest BCUT2D eigenvalue weighted by molar-refractivity contribution is -0.121. The molecule has 1 saturated heterocycles. The Kier molecular flexibility index (Phi) is 6.32. The van der Waals surface area contributed by atoms with E-state index in [4.69, 9.17) is 0 Å². The third-order valence-corrected chi connectivity index (χ3v) is 6.76. The number of amides is 2. The van der Waals surface area contributed by atoms with Crippen molar-refractivity contribution in [2.24, 2.45) is 0 Å². The highest BCUT2D eigenvalue weighted by Crippen LogP contribution is 2.52. The summed E-state index contributed by atoms with van der Waals surface area (Å²) in [6.45, 7) is 2.95. The van der Waals surface area contributed by atoms with Crippen LogP contribution in [0.5, 0.6) is 0 Å². The minimum atomic E-state index is 0.0212. The summed E-state index contributed by atoms with van der Waals surface area (Å²) in [6, 6.07) is 10.3. The monoisotopic (exact) mass is 421 g/mol. The molecule has 4 rings (SSSR count). The second-order valence-electron chi connectivity index (χ2n) is 9.05. The number of nitrogens with zero attached hydrogens (tertiary/aromatic N) is 4. The molecular formula is C24H31N5O2. The van der Waals surface area contributed by atoms with Crippen LogP contribution in [0.2, 0.25) is 0 Å². The Bertz CT molecular complexity index is 923. The number of likely N-dealkylation sites (tertiary alicyclic amines) is 1. The van der Waals surface area contributed by atoms with E-state index in [9.17, 15) is 9.59 Å². The Labute approximate surface area is 183 Å². The van der Waals surface area contributed by atoms with Gasteiger partial charge in [0.1, 0.15) is 0 Å². The van der Waals surface area contributed by atoms with E-state index in [2.05, 4.69) is 44.7 Å². The first-order chi connectivity index (χ1) is 15.0. The number of aromatic nitrogens is 2. The topological polar surface area (TPSA) is 78.4 Å². The lowest BCUT2D eigenvalue weighted by Gasteiger charge is -2.40. The summed E-state index contributed by atoms with van der Waals surface area (Å²) in [7, 11) is 4.01. The maximum atomic E-state index is 12.8. The first kappa shape index (κ1) is 21.4. The number of carbonyl (C=O) groups is 2. The van der Waals surface area contributed by atoms with Crippen LogP contribution in [0.3, 0.4) is 0 Å². The van der Waals surface area contributed by atoms with E-state index in [1.165, 1.54) is 17.3 Å². The molecular weight excluding hydrogens is 390 g/mol. The number of piperidine rings is 1. The molecule has 1 fully saturated rings. The van der Waals surface area contributed by atoms with Crippen LogP contribution in [-0.2, 0) is 10.2 Å². The Morgan fingerprint density at radius 3 is 2.65 bits per heavy atom. The van der Waals surface area contributed by atoms with Crippen LogP contribution in [0.25, 0.3) is 0 Å². The quantitative estimate of drug-likeness (QED) is 0.774. The Hall–Kier alpha value is -2.80. The third kappa shape index (κ3) is 4.61. The van der Waals surface area contributed by atoms with Gasteiger partial charge in [-0.15, -0.1) is 0 Å². The highest BCUT2D eigenvalue weighted by Gasteiger charge is 2.46. The number of likely N-dealkylation sites (N-methyl/N-ethyl adjacent to an activating group) is 1. The number of hydrogen-bond donors (Lipinski definition) is 1. The van der Waals surface area contributed by atoms with Crippen molar-refractivity contribution in [1.82, 2.24) is 25.3 Å². The van der Waals surface area contributed by atoms with Crippen molar-refractivity contribution in [3.05, 3.63) is 59.4 Å². The van der Waals surface area contributed by atoms with Gasteiger partial charge >= 0.3 is 0 Å². The number of nitrogens with one attached hydrogen (secondary N) is 1. The highest BCUT2D eigenvalue weighted by atomic mass is 16.2. The lowest BCUT2D eigenvalue weighted by Crippen LogP contribution is -2.44. The zero-order chi connectivity index (χ0) is 21.8. The van der Waals surface area contributed by atoms with Gasteiger partial charge in [-0.1, -0.05) is 24.3 Å². The van der Waals surface area contributed by atoms with Crippen molar-refractivity contribution in [1.29, 1.82) is 0 Å². The molecule has 31 heavy (non-hydrogen) atoms. The van der Waals surface area contributed by atoms with E-state index in [1.54, 1.807) is 12.3 Å². The van der Waals surface area contributed by atoms with Gasteiger partial charge in [0.2, 0.25) is 5.91 Å². The van der Waals surface area contributed by atoms with E-state index in [0.717, 1.165) is 38.9 Å². The average molecular weight is 422 g/mol. The minimum Gasteiger partial charge on any atom is -0.355 e. The Balaban J connectivity index is 1.43. The molecule has 1 aromatic heterocycles. The van der Waals surface area contributed by atoms with Gasteiger partial charge in [-0.25, -0.2) is 0 Å². The second kappa shape index (κ2) is 9.14. The summed E-state index contributed by atoms with van der Waals surface area (Å²) in [6.07, 6.45) is 6.44. The normalized spacial score (nSPS) is 19.5. The highest BCUT2D eigenvalue weighted by molar-refractivity contribution is 5.93. The van der Waals surface area contributed by atoms with Crippen molar-refractivity contribution in [3.8, 4) is 0 Å². The van der Waals surface area contributed by atoms with Crippen LogP contribution in [0.15, 0.2) is 42.7 Å². The number of benzene rings is 1. The van der Waals surface area contributed by atoms with E-state index in [0.29, 0.717) is 18.5 Å². The largest absolute Gasteiger partial charge is 0.355 e. The third-order valence-electron chi connectivity index (χ3n) is 6.76. The molecule has 7 nitrogen and oxygen atoms in total. The molecule has 0 bridgehead atoms. The summed E-state index contributed by atoms with van der Waals surface area (Å²) in [5.74, 6) is 0.381. The summed E-state index contributed by atoms with van der Waals surface area (Å²) in [4.78, 5) is 29.4. The summed E-state index contributed by atoms with van der Waals surface area (Å²) in [5.41, 5.74) is 3.32. The molecule has 0 unspecified atom stereocenters. The molecule has 1 aliphatic carbocycles. The fraction of sp³-hybridized carbons (Fsp3) is 0.500. The van der Waals surface area contributed by atoms with E-state index < -0.39 is 0 Å². The fourth-order valence-electron chi connectivity index (χ4n) is 5.14. The number of fused-ring (bicyclic) bond motifs is 2. The van der Waals surface area contributed by atoms with Gasteiger partial charge in [0.05, 0.1) is 18.0 Å². The lowest BCUT2D eigenvalue weighted by atomic mass is 9.73. The molecule has 7 heteroatoms. The predicted octanol–water partition coefficient (Wildman–Crippen LogP) is 2.21. The molecule has 0 radical (unpaired) electrons. The van der Waals surface area contributed by atoms with Crippen molar-refractivity contribution in [3.63, 3.8) is 0 Å². The van der Waals surface area contributed by atoms with Gasteiger partial charge in [0.15, 0.2) is 0 Å². The standard InChI is InChI=1S/C24H31N5O2/c1-28(2)14-11-25-22(30)15-19-16-24(21-6-4-3-5-20(19)21)8-12-29(13-9-24)23(31)18-7-10-26-27-17-18/h3-7,10,17,19H,8-9,11-16H2,1-2H3,(H,25,30)/t19-/m0/s1. The van der Waals surface area contributed by atoms with Gasteiger partial charge < -0.3 is 15.1 Å². The molecule has 2 heterocycles. The molecule has 1 aromatic carbocycles. The van der Waals surface area contributed by atoms with Crippen LogP contribution in [-0.4, -0.2) is 72.1 Å². The predicted molar refractivity (Wildman–Crippen MR) is 119 cm³/mol. The molecule has 1 N–H and O–H groups in total. The SMILES string of the molecule is CN(C)CCNC(=O)C[C@H]1CC2(CCN(C(=O)c3ccnnc3)CC2)c2ccccc21. The molecule has 2 amide bonds. The molecule has 2 aliphatic rings. The summed E-state index contributed by atoms with van der Waals surface area (Å²) >= 11 is 0. The zero-order valence-corrected chi connectivity index (χ0v) is 18.4. The first-order valence-corrected chi connectivity index (χ1v) is 11.1. The van der Waals surface area contributed by atoms with Gasteiger partial charge in [-0.2, -0.15) is 10.2 Å². The maximum Gasteiger partial charge on any atom is 0.255 e. The van der Waals surface area contributed by atoms with Crippen LogP contribution < -0.4 is 5.32 Å². The van der Waals surface area contributed by atoms with E-state index in [-0.39, 0.29) is 23.1 Å². The average Bonchev–Trinajstić information content (AvgIpc) is 3.07. The van der Waals surface area contributed by atoms with Gasteiger partial charge in [0, 0.05) is 32.6 Å². The summed E-state index contributed by atoms with van der Waals surface area (Å²) in [5, 5.41) is 10.6. The first-order valence-electron chi connectivity index (χ1n) is 11.1. The number of hydrogen-bond acceptors (Lipinski definition) is 5. The van der Waals surface area contributed by atoms with Crippen LogP contribution >= 0.6 is 0 Å². The number of rotatable bonds is 6. The molecule has 1 aliphatic heterocycles. The molecule has 164 valence electrons. The van der Waals surface area contributed by atoms with Crippen LogP contribution in [0.1, 0.15) is 53.1 Å². The van der Waals surface area contributed by atoms with Crippen molar-refractivity contribution < 1.29 is 9.59 Å². The maximum absolute atomic E-state index is 12.8. The smallest absolute Gasteiger partial charge is 0.255 e. The Morgan fingerprint density at radius 1 is 1.16 bits per heavy atom. The zero-order valence-electron chi connectivity index (χ0n) is 18.4. The second-order valence-corrected chi connectivity index (χ2v) is 9.05. The van der Waals surface area contributed by atoms with E-state index in [1.807, 2.05) is 19.0 Å². The van der Waals surface area contributed by atoms with Crippen LogP contribution in [0, 0.1) is 0 Å². The van der Waals surface area contributed by atoms with Crippen molar-refractivity contribution in [2.75, 3.05) is 40.3 Å². The fourth-order valence-corrected chi connectivity index (χ4v) is 5.14. The van der Waals surface area contributed by atoms with Gasteiger partial charge in [-0.05, 0) is 61.9 Å². The van der Waals surface area contributed by atoms with Crippen molar-refractivity contribution in [2.45, 2.75) is 37.0 Å². The molecule has 0 saturated carbocycles. The van der Waals surface area contributed by atoms with Gasteiger partial charge in [0.25, 0.3) is 5.91 Å². The minimum absolute atomic E-state index is 0.0212. The molecule has 1 atom stereocenters. The van der Waals surface area contributed by atoms with Crippen molar-refractivity contribution >= 4 is 11.8 Å². The molecule has 2 aromatic rings. The number of carbonyl (C=O) groups excluding carboxylic acids is 2. The Morgan fingerprint density at radius 2 is 1.94 bits per heavy atom. The summed E-state index contributed by atoms with van der Waals surface area (Å²) < 4.78 is 0. The van der Waals surface area contributed by atoms with Gasteiger partial charge in [-0.3, -0.25) is 9.59 Å². The van der Waals surface area contributed by atoms with Crippen LogP contribution in [0.4, 0.5) is 0 Å².